The van der Waals surface area contributed by atoms with Crippen LogP contribution >= 0.6 is 0 Å². The Morgan fingerprint density at radius 1 is 1.10 bits per heavy atom. The molecule has 20 heavy (non-hydrogen) atoms. The lowest BCUT2D eigenvalue weighted by Crippen LogP contribution is -2.32. The number of hydrogen-bond donors (Lipinski definition) is 1. The SMILES string of the molecule is COc1ccc(C(C)(C)CNCc2ccc(C)o2)cc1. The van der Waals surface area contributed by atoms with E-state index in [0.717, 1.165) is 30.4 Å². The van der Waals surface area contributed by atoms with Crippen molar-refractivity contribution in [3.8, 4) is 5.75 Å². The summed E-state index contributed by atoms with van der Waals surface area (Å²) in [6.45, 7) is 8.07. The molecule has 0 unspecified atom stereocenters. The number of furan rings is 1. The fraction of sp³-hybridized carbons (Fsp3) is 0.412. The number of benzene rings is 1. The molecular formula is C17H23NO2. The summed E-state index contributed by atoms with van der Waals surface area (Å²) in [4.78, 5) is 0. The molecule has 0 aliphatic rings. The molecule has 1 N–H and O–H groups in total. The van der Waals surface area contributed by atoms with Crippen molar-refractivity contribution in [1.82, 2.24) is 5.32 Å². The third-order valence-corrected chi connectivity index (χ3v) is 3.53. The topological polar surface area (TPSA) is 34.4 Å². The largest absolute Gasteiger partial charge is 0.497 e. The molecule has 2 aromatic rings. The highest BCUT2D eigenvalue weighted by atomic mass is 16.5. The van der Waals surface area contributed by atoms with E-state index < -0.39 is 0 Å². The monoisotopic (exact) mass is 273 g/mol. The Balaban J connectivity index is 1.92. The minimum absolute atomic E-state index is 0.0634. The number of ether oxygens (including phenoxy) is 1. The Labute approximate surface area is 121 Å². The summed E-state index contributed by atoms with van der Waals surface area (Å²) in [5, 5.41) is 3.46. The third kappa shape index (κ3) is 3.64. The first-order chi connectivity index (χ1) is 9.51. The molecule has 0 spiro atoms. The smallest absolute Gasteiger partial charge is 0.118 e. The average molecular weight is 273 g/mol. The van der Waals surface area contributed by atoms with Gasteiger partial charge in [-0.05, 0) is 36.8 Å². The van der Waals surface area contributed by atoms with Gasteiger partial charge in [0.2, 0.25) is 0 Å². The van der Waals surface area contributed by atoms with Gasteiger partial charge in [0.15, 0.2) is 0 Å². The van der Waals surface area contributed by atoms with Crippen molar-refractivity contribution in [3.05, 3.63) is 53.5 Å². The van der Waals surface area contributed by atoms with Gasteiger partial charge in [0, 0.05) is 12.0 Å². The van der Waals surface area contributed by atoms with Crippen LogP contribution in [0.3, 0.4) is 0 Å². The molecule has 1 aromatic carbocycles. The van der Waals surface area contributed by atoms with E-state index in [9.17, 15) is 0 Å². The van der Waals surface area contributed by atoms with Crippen molar-refractivity contribution in [2.24, 2.45) is 0 Å². The lowest BCUT2D eigenvalue weighted by molar-refractivity contribution is 0.411. The van der Waals surface area contributed by atoms with Gasteiger partial charge < -0.3 is 14.5 Å². The van der Waals surface area contributed by atoms with Gasteiger partial charge in [-0.3, -0.25) is 0 Å². The molecule has 0 saturated carbocycles. The van der Waals surface area contributed by atoms with Crippen molar-refractivity contribution in [2.45, 2.75) is 32.7 Å². The van der Waals surface area contributed by atoms with Gasteiger partial charge in [-0.2, -0.15) is 0 Å². The molecule has 0 saturated heterocycles. The van der Waals surface area contributed by atoms with Crippen LogP contribution in [0.5, 0.6) is 5.75 Å². The zero-order valence-corrected chi connectivity index (χ0v) is 12.7. The minimum atomic E-state index is 0.0634. The van der Waals surface area contributed by atoms with E-state index in [4.69, 9.17) is 9.15 Å². The molecule has 2 rings (SSSR count). The van der Waals surface area contributed by atoms with E-state index >= 15 is 0 Å². The van der Waals surface area contributed by atoms with Gasteiger partial charge in [0.25, 0.3) is 0 Å². The predicted molar refractivity (Wildman–Crippen MR) is 81.2 cm³/mol. The van der Waals surface area contributed by atoms with Gasteiger partial charge in [0.05, 0.1) is 13.7 Å². The third-order valence-electron chi connectivity index (χ3n) is 3.53. The van der Waals surface area contributed by atoms with Crippen LogP contribution in [0.1, 0.15) is 30.9 Å². The first kappa shape index (κ1) is 14.7. The number of methoxy groups -OCH3 is 1. The maximum absolute atomic E-state index is 5.56. The summed E-state index contributed by atoms with van der Waals surface area (Å²) in [6, 6.07) is 12.3. The standard InChI is InChI=1S/C17H23NO2/c1-13-5-8-16(20-13)11-18-12-17(2,3)14-6-9-15(19-4)10-7-14/h5-10,18H,11-12H2,1-4H3. The predicted octanol–water partition coefficient (Wildman–Crippen LogP) is 3.66. The second-order valence-electron chi connectivity index (χ2n) is 5.73. The van der Waals surface area contributed by atoms with Crippen LogP contribution in [0.4, 0.5) is 0 Å². The Morgan fingerprint density at radius 2 is 1.80 bits per heavy atom. The zero-order valence-electron chi connectivity index (χ0n) is 12.7. The quantitative estimate of drug-likeness (QED) is 0.872. The van der Waals surface area contributed by atoms with E-state index in [-0.39, 0.29) is 5.41 Å². The highest BCUT2D eigenvalue weighted by Crippen LogP contribution is 2.24. The highest BCUT2D eigenvalue weighted by Gasteiger charge is 2.20. The maximum atomic E-state index is 5.56. The Bertz CT molecular complexity index is 540. The van der Waals surface area contributed by atoms with Crippen molar-refractivity contribution >= 4 is 0 Å². The Kier molecular flexibility index (Phi) is 4.50. The summed E-state index contributed by atoms with van der Waals surface area (Å²) in [5.74, 6) is 2.83. The minimum Gasteiger partial charge on any atom is -0.497 e. The van der Waals surface area contributed by atoms with Gasteiger partial charge in [-0.15, -0.1) is 0 Å². The number of rotatable bonds is 6. The van der Waals surface area contributed by atoms with E-state index in [1.165, 1.54) is 5.56 Å². The first-order valence-corrected chi connectivity index (χ1v) is 6.92. The van der Waals surface area contributed by atoms with Crippen LogP contribution in [0.15, 0.2) is 40.8 Å². The average Bonchev–Trinajstić information content (AvgIpc) is 2.84. The molecule has 0 fully saturated rings. The van der Waals surface area contributed by atoms with Crippen molar-refractivity contribution < 1.29 is 9.15 Å². The number of nitrogens with one attached hydrogen (secondary N) is 1. The van der Waals surface area contributed by atoms with E-state index in [1.54, 1.807) is 7.11 Å². The van der Waals surface area contributed by atoms with Gasteiger partial charge in [0.1, 0.15) is 17.3 Å². The second-order valence-corrected chi connectivity index (χ2v) is 5.73. The highest BCUT2D eigenvalue weighted by molar-refractivity contribution is 5.31. The van der Waals surface area contributed by atoms with Crippen molar-refractivity contribution in [3.63, 3.8) is 0 Å². The molecule has 0 aliphatic carbocycles. The van der Waals surface area contributed by atoms with Crippen molar-refractivity contribution in [2.75, 3.05) is 13.7 Å². The number of aryl methyl sites for hydroxylation is 1. The lowest BCUT2D eigenvalue weighted by atomic mass is 9.84. The summed E-state index contributed by atoms with van der Waals surface area (Å²) in [6.07, 6.45) is 0. The Morgan fingerprint density at radius 3 is 2.35 bits per heavy atom. The second kappa shape index (κ2) is 6.14. The molecule has 0 amide bonds. The van der Waals surface area contributed by atoms with Gasteiger partial charge >= 0.3 is 0 Å². The number of hydrogen-bond acceptors (Lipinski definition) is 3. The van der Waals surface area contributed by atoms with E-state index in [1.807, 2.05) is 31.2 Å². The van der Waals surface area contributed by atoms with Crippen molar-refractivity contribution in [1.29, 1.82) is 0 Å². The molecule has 3 nitrogen and oxygen atoms in total. The molecule has 1 aromatic heterocycles. The van der Waals surface area contributed by atoms with Gasteiger partial charge in [-0.25, -0.2) is 0 Å². The molecular weight excluding hydrogens is 250 g/mol. The van der Waals surface area contributed by atoms with Crippen LogP contribution in [0, 0.1) is 6.92 Å². The van der Waals surface area contributed by atoms with Crippen LogP contribution < -0.4 is 10.1 Å². The van der Waals surface area contributed by atoms with Gasteiger partial charge in [-0.1, -0.05) is 26.0 Å². The van der Waals surface area contributed by atoms with E-state index in [0.29, 0.717) is 0 Å². The summed E-state index contributed by atoms with van der Waals surface area (Å²) < 4.78 is 10.8. The summed E-state index contributed by atoms with van der Waals surface area (Å²) in [5.41, 5.74) is 1.36. The van der Waals surface area contributed by atoms with E-state index in [2.05, 4.69) is 31.3 Å². The zero-order chi connectivity index (χ0) is 14.6. The molecule has 0 bridgehead atoms. The molecule has 0 aliphatic heterocycles. The van der Waals surface area contributed by atoms with Crippen LogP contribution in [-0.4, -0.2) is 13.7 Å². The summed E-state index contributed by atoms with van der Waals surface area (Å²) >= 11 is 0. The Hall–Kier alpha value is -1.74. The molecule has 3 heteroatoms. The molecule has 0 radical (unpaired) electrons. The fourth-order valence-electron chi connectivity index (χ4n) is 2.22. The molecule has 108 valence electrons. The maximum Gasteiger partial charge on any atom is 0.118 e. The van der Waals surface area contributed by atoms with Crippen LogP contribution in [0.25, 0.3) is 0 Å². The summed E-state index contributed by atoms with van der Waals surface area (Å²) in [7, 11) is 1.69. The van der Waals surface area contributed by atoms with Crippen LogP contribution in [-0.2, 0) is 12.0 Å². The fourth-order valence-corrected chi connectivity index (χ4v) is 2.22. The molecule has 1 heterocycles. The van der Waals surface area contributed by atoms with Crippen LogP contribution in [0.2, 0.25) is 0 Å². The molecule has 0 atom stereocenters. The first-order valence-electron chi connectivity index (χ1n) is 6.92. The lowest BCUT2D eigenvalue weighted by Gasteiger charge is -2.25. The normalized spacial score (nSPS) is 11.6.